The molecule has 28 heavy (non-hydrogen) atoms. The molecule has 2 saturated heterocycles. The highest BCUT2D eigenvalue weighted by atomic mass is 16.5. The lowest BCUT2D eigenvalue weighted by molar-refractivity contribution is -0.126. The lowest BCUT2D eigenvalue weighted by Gasteiger charge is -2.34. The van der Waals surface area contributed by atoms with Crippen molar-refractivity contribution < 1.29 is 19.1 Å². The number of carbonyl (C=O) groups is 3. The summed E-state index contributed by atoms with van der Waals surface area (Å²) in [5.41, 5.74) is 0.0854. The van der Waals surface area contributed by atoms with Crippen molar-refractivity contribution in [3.05, 3.63) is 29.8 Å². The fourth-order valence-electron chi connectivity index (χ4n) is 4.13. The zero-order valence-corrected chi connectivity index (χ0v) is 17.0. The van der Waals surface area contributed by atoms with Crippen LogP contribution in [0.3, 0.4) is 0 Å². The molecule has 2 heterocycles. The van der Waals surface area contributed by atoms with E-state index >= 15 is 0 Å². The van der Waals surface area contributed by atoms with Gasteiger partial charge >= 0.3 is 6.03 Å². The van der Waals surface area contributed by atoms with E-state index in [9.17, 15) is 14.4 Å². The number of nitrogens with zero attached hydrogens (tertiary/aromatic N) is 4. The quantitative estimate of drug-likeness (QED) is 0.757. The lowest BCUT2D eigenvalue weighted by atomic mass is 9.86. The molecule has 0 unspecified atom stereocenters. The first kappa shape index (κ1) is 20.0. The molecule has 1 spiro atoms. The molecular weight excluding hydrogens is 360 g/mol. The fraction of sp³-hybridized carbons (Fsp3) is 0.550. The number of amides is 4. The molecule has 2 fully saturated rings. The summed E-state index contributed by atoms with van der Waals surface area (Å²) < 4.78 is 5.23. The SMILES string of the molecule is COc1cccc(C(=O)N2CCN(C(=O)N(C)C)C[C@@]3(CC(=O)N(C)C3)C2)c1. The maximum absolute atomic E-state index is 13.2. The van der Waals surface area contributed by atoms with Gasteiger partial charge in [-0.3, -0.25) is 9.59 Å². The molecule has 1 aromatic carbocycles. The second-order valence-corrected chi connectivity index (χ2v) is 7.98. The monoisotopic (exact) mass is 388 g/mol. The van der Waals surface area contributed by atoms with E-state index in [0.29, 0.717) is 50.5 Å². The average molecular weight is 388 g/mol. The summed E-state index contributed by atoms with van der Waals surface area (Å²) in [6.45, 7) is 2.30. The van der Waals surface area contributed by atoms with E-state index in [2.05, 4.69) is 0 Å². The van der Waals surface area contributed by atoms with Crippen molar-refractivity contribution in [1.82, 2.24) is 19.6 Å². The first-order valence-electron chi connectivity index (χ1n) is 9.38. The van der Waals surface area contributed by atoms with Crippen LogP contribution in [0.15, 0.2) is 24.3 Å². The number of ether oxygens (including phenoxy) is 1. The molecule has 8 heteroatoms. The molecule has 152 valence electrons. The molecule has 1 atom stereocenters. The van der Waals surface area contributed by atoms with Gasteiger partial charge in [0.15, 0.2) is 0 Å². The van der Waals surface area contributed by atoms with Crippen LogP contribution in [0.1, 0.15) is 16.8 Å². The van der Waals surface area contributed by atoms with Gasteiger partial charge < -0.3 is 24.3 Å². The van der Waals surface area contributed by atoms with Crippen LogP contribution in [-0.2, 0) is 4.79 Å². The van der Waals surface area contributed by atoms with Crippen molar-refractivity contribution >= 4 is 17.8 Å². The van der Waals surface area contributed by atoms with E-state index in [1.165, 1.54) is 4.90 Å². The van der Waals surface area contributed by atoms with Crippen molar-refractivity contribution in [3.63, 3.8) is 0 Å². The Morgan fingerprint density at radius 3 is 2.39 bits per heavy atom. The number of methoxy groups -OCH3 is 1. The molecule has 4 amide bonds. The predicted octanol–water partition coefficient (Wildman–Crippen LogP) is 0.983. The summed E-state index contributed by atoms with van der Waals surface area (Å²) in [5.74, 6) is 0.558. The highest BCUT2D eigenvalue weighted by molar-refractivity contribution is 5.95. The Balaban J connectivity index is 1.89. The molecule has 0 saturated carbocycles. The number of hydrogen-bond donors (Lipinski definition) is 0. The normalized spacial score (nSPS) is 22.4. The maximum atomic E-state index is 13.2. The van der Waals surface area contributed by atoms with Crippen molar-refractivity contribution in [2.45, 2.75) is 6.42 Å². The highest BCUT2D eigenvalue weighted by Crippen LogP contribution is 2.35. The van der Waals surface area contributed by atoms with Crippen LogP contribution >= 0.6 is 0 Å². The summed E-state index contributed by atoms with van der Waals surface area (Å²) in [5, 5.41) is 0. The number of urea groups is 1. The molecule has 0 aliphatic carbocycles. The summed E-state index contributed by atoms with van der Waals surface area (Å²) in [7, 11) is 6.76. The third-order valence-electron chi connectivity index (χ3n) is 5.47. The van der Waals surface area contributed by atoms with Gasteiger partial charge in [-0.15, -0.1) is 0 Å². The van der Waals surface area contributed by atoms with Crippen molar-refractivity contribution in [2.24, 2.45) is 5.41 Å². The van der Waals surface area contributed by atoms with Gasteiger partial charge in [-0.05, 0) is 18.2 Å². The van der Waals surface area contributed by atoms with Crippen LogP contribution in [-0.4, -0.2) is 98.4 Å². The van der Waals surface area contributed by atoms with E-state index in [4.69, 9.17) is 4.74 Å². The minimum atomic E-state index is -0.456. The Morgan fingerprint density at radius 1 is 1.11 bits per heavy atom. The Labute approximate surface area is 165 Å². The van der Waals surface area contributed by atoms with Gasteiger partial charge in [-0.25, -0.2) is 4.79 Å². The van der Waals surface area contributed by atoms with Gasteiger partial charge in [0.2, 0.25) is 5.91 Å². The number of likely N-dealkylation sites (tertiary alicyclic amines) is 1. The molecule has 0 radical (unpaired) electrons. The van der Waals surface area contributed by atoms with Crippen LogP contribution in [0.2, 0.25) is 0 Å². The maximum Gasteiger partial charge on any atom is 0.319 e. The van der Waals surface area contributed by atoms with Crippen LogP contribution < -0.4 is 4.74 Å². The Bertz CT molecular complexity index is 781. The van der Waals surface area contributed by atoms with Gasteiger partial charge in [0.05, 0.1) is 7.11 Å². The van der Waals surface area contributed by atoms with Crippen LogP contribution in [0, 0.1) is 5.41 Å². The molecule has 2 aliphatic rings. The molecule has 0 aromatic heterocycles. The van der Waals surface area contributed by atoms with Crippen LogP contribution in [0.5, 0.6) is 5.75 Å². The second-order valence-electron chi connectivity index (χ2n) is 7.98. The predicted molar refractivity (Wildman–Crippen MR) is 104 cm³/mol. The van der Waals surface area contributed by atoms with Crippen LogP contribution in [0.25, 0.3) is 0 Å². The van der Waals surface area contributed by atoms with Gasteiger partial charge in [0.1, 0.15) is 5.75 Å². The van der Waals surface area contributed by atoms with Gasteiger partial charge in [0.25, 0.3) is 5.91 Å². The van der Waals surface area contributed by atoms with Crippen molar-refractivity contribution in [1.29, 1.82) is 0 Å². The molecule has 8 nitrogen and oxygen atoms in total. The summed E-state index contributed by atoms with van der Waals surface area (Å²) >= 11 is 0. The molecule has 1 aromatic rings. The Hall–Kier alpha value is -2.77. The standard InChI is InChI=1S/C20H28N4O4/c1-21(2)19(27)24-9-8-23(13-20(14-24)11-17(25)22(3)12-20)18(26)15-6-5-7-16(10-15)28-4/h5-7,10H,8-9,11-14H2,1-4H3/t20-/m1/s1. The summed E-state index contributed by atoms with van der Waals surface area (Å²) in [4.78, 5) is 44.9. The smallest absolute Gasteiger partial charge is 0.319 e. The summed E-state index contributed by atoms with van der Waals surface area (Å²) in [6.07, 6.45) is 0.336. The first-order valence-corrected chi connectivity index (χ1v) is 9.38. The van der Waals surface area contributed by atoms with E-state index in [1.807, 2.05) is 0 Å². The third-order valence-corrected chi connectivity index (χ3v) is 5.47. The highest BCUT2D eigenvalue weighted by Gasteiger charge is 2.47. The zero-order chi connectivity index (χ0) is 20.5. The van der Waals surface area contributed by atoms with E-state index < -0.39 is 5.41 Å². The zero-order valence-electron chi connectivity index (χ0n) is 17.0. The molecule has 3 rings (SSSR count). The fourth-order valence-corrected chi connectivity index (χ4v) is 4.13. The van der Waals surface area contributed by atoms with E-state index in [1.54, 1.807) is 67.2 Å². The first-order chi connectivity index (χ1) is 13.2. The molecular formula is C20H28N4O4. The van der Waals surface area contributed by atoms with Crippen molar-refractivity contribution in [2.75, 3.05) is 61.0 Å². The van der Waals surface area contributed by atoms with Gasteiger partial charge in [0, 0.05) is 71.3 Å². The lowest BCUT2D eigenvalue weighted by Crippen LogP contribution is -2.47. The molecule has 2 aliphatic heterocycles. The number of benzene rings is 1. The summed E-state index contributed by atoms with van der Waals surface area (Å²) in [6, 6.07) is 6.96. The van der Waals surface area contributed by atoms with Crippen molar-refractivity contribution in [3.8, 4) is 5.75 Å². The minimum Gasteiger partial charge on any atom is -0.497 e. The second kappa shape index (κ2) is 7.69. The Morgan fingerprint density at radius 2 is 1.79 bits per heavy atom. The van der Waals surface area contributed by atoms with E-state index in [-0.39, 0.29) is 17.8 Å². The van der Waals surface area contributed by atoms with Crippen LogP contribution in [0.4, 0.5) is 4.79 Å². The Kier molecular flexibility index (Phi) is 5.49. The van der Waals surface area contributed by atoms with Gasteiger partial charge in [-0.2, -0.15) is 0 Å². The molecule has 0 N–H and O–H groups in total. The van der Waals surface area contributed by atoms with E-state index in [0.717, 1.165) is 0 Å². The van der Waals surface area contributed by atoms with Gasteiger partial charge in [-0.1, -0.05) is 6.07 Å². The number of hydrogen-bond acceptors (Lipinski definition) is 4. The average Bonchev–Trinajstić information content (AvgIpc) is 2.84. The largest absolute Gasteiger partial charge is 0.497 e. The minimum absolute atomic E-state index is 0.0490. The number of rotatable bonds is 2. The third kappa shape index (κ3) is 3.90. The number of carbonyl (C=O) groups excluding carboxylic acids is 3. The topological polar surface area (TPSA) is 73.4 Å². The molecule has 0 bridgehead atoms.